The summed E-state index contributed by atoms with van der Waals surface area (Å²) in [6, 6.07) is 3.76. The lowest BCUT2D eigenvalue weighted by molar-refractivity contribution is -0.138. The van der Waals surface area contributed by atoms with Crippen molar-refractivity contribution >= 4 is 11.6 Å². The van der Waals surface area contributed by atoms with E-state index in [1.165, 1.54) is 19.1 Å². The standard InChI is InChI=1S/C13H14F3NO2/c1-8-10(13(14,15)16)3-2-4-11(8)17-12(18)9-5-6-19-7-9/h2-4,9H,5-7H2,1H3,(H,17,18)/t9-/m1/s1. The summed E-state index contributed by atoms with van der Waals surface area (Å²) in [4.78, 5) is 11.9. The van der Waals surface area contributed by atoms with Gasteiger partial charge in [-0.2, -0.15) is 13.2 Å². The van der Waals surface area contributed by atoms with Crippen molar-refractivity contribution in [2.75, 3.05) is 18.5 Å². The predicted molar refractivity (Wildman–Crippen MR) is 63.7 cm³/mol. The number of carbonyl (C=O) groups excluding carboxylic acids is 1. The fraction of sp³-hybridized carbons (Fsp3) is 0.462. The molecular formula is C13H14F3NO2. The van der Waals surface area contributed by atoms with Crippen LogP contribution in [0.3, 0.4) is 0 Å². The van der Waals surface area contributed by atoms with Crippen LogP contribution in [-0.4, -0.2) is 19.1 Å². The summed E-state index contributed by atoms with van der Waals surface area (Å²) in [5, 5.41) is 2.55. The maximum absolute atomic E-state index is 12.7. The Balaban J connectivity index is 2.19. The zero-order chi connectivity index (χ0) is 14.0. The summed E-state index contributed by atoms with van der Waals surface area (Å²) < 4.78 is 43.3. The molecule has 1 amide bonds. The van der Waals surface area contributed by atoms with E-state index in [2.05, 4.69) is 5.32 Å². The third kappa shape index (κ3) is 3.07. The van der Waals surface area contributed by atoms with E-state index >= 15 is 0 Å². The Bertz CT molecular complexity index is 479. The molecule has 0 aliphatic carbocycles. The number of hydrogen-bond acceptors (Lipinski definition) is 2. The Labute approximate surface area is 108 Å². The molecule has 3 nitrogen and oxygen atoms in total. The van der Waals surface area contributed by atoms with E-state index in [0.29, 0.717) is 19.6 Å². The lowest BCUT2D eigenvalue weighted by Crippen LogP contribution is -2.23. The topological polar surface area (TPSA) is 38.3 Å². The SMILES string of the molecule is Cc1c(NC(=O)[C@@H]2CCOC2)cccc1C(F)(F)F. The quantitative estimate of drug-likeness (QED) is 0.899. The minimum absolute atomic E-state index is 0.0299. The van der Waals surface area contributed by atoms with Gasteiger partial charge in [0.05, 0.1) is 18.1 Å². The normalized spacial score (nSPS) is 19.5. The molecule has 1 saturated heterocycles. The highest BCUT2D eigenvalue weighted by molar-refractivity contribution is 5.93. The van der Waals surface area contributed by atoms with Crippen LogP contribution in [0.25, 0.3) is 0 Å². The molecule has 1 fully saturated rings. The van der Waals surface area contributed by atoms with E-state index in [0.717, 1.165) is 6.07 Å². The highest BCUT2D eigenvalue weighted by atomic mass is 19.4. The molecule has 2 rings (SSSR count). The van der Waals surface area contributed by atoms with E-state index in [1.54, 1.807) is 0 Å². The van der Waals surface area contributed by atoms with Crippen LogP contribution in [0.1, 0.15) is 17.5 Å². The zero-order valence-corrected chi connectivity index (χ0v) is 10.4. The number of halogens is 3. The van der Waals surface area contributed by atoms with Crippen LogP contribution < -0.4 is 5.32 Å². The van der Waals surface area contributed by atoms with Gasteiger partial charge in [-0.1, -0.05) is 6.07 Å². The smallest absolute Gasteiger partial charge is 0.381 e. The van der Waals surface area contributed by atoms with Gasteiger partial charge >= 0.3 is 6.18 Å². The second kappa shape index (κ2) is 5.21. The number of carbonyl (C=O) groups is 1. The van der Waals surface area contributed by atoms with E-state index in [4.69, 9.17) is 4.74 Å². The van der Waals surface area contributed by atoms with Gasteiger partial charge < -0.3 is 10.1 Å². The molecule has 0 radical (unpaired) electrons. The molecule has 104 valence electrons. The summed E-state index contributed by atoms with van der Waals surface area (Å²) in [6.07, 6.45) is -3.81. The Morgan fingerprint density at radius 3 is 2.74 bits per heavy atom. The molecule has 0 saturated carbocycles. The fourth-order valence-electron chi connectivity index (χ4n) is 2.05. The Hall–Kier alpha value is -1.56. The number of hydrogen-bond donors (Lipinski definition) is 1. The Kier molecular flexibility index (Phi) is 3.80. The first kappa shape index (κ1) is 13.9. The number of rotatable bonds is 2. The average Bonchev–Trinajstić information content (AvgIpc) is 2.83. The van der Waals surface area contributed by atoms with Gasteiger partial charge in [0.25, 0.3) is 0 Å². The summed E-state index contributed by atoms with van der Waals surface area (Å²) in [5.74, 6) is -0.575. The van der Waals surface area contributed by atoms with Crippen LogP contribution in [0.5, 0.6) is 0 Å². The van der Waals surface area contributed by atoms with Crippen molar-refractivity contribution in [3.05, 3.63) is 29.3 Å². The van der Waals surface area contributed by atoms with E-state index in [1.807, 2.05) is 0 Å². The second-order valence-corrected chi connectivity index (χ2v) is 4.53. The van der Waals surface area contributed by atoms with Crippen molar-refractivity contribution in [2.45, 2.75) is 19.5 Å². The minimum Gasteiger partial charge on any atom is -0.381 e. The number of amides is 1. The van der Waals surface area contributed by atoms with Crippen LogP contribution in [0.2, 0.25) is 0 Å². The molecule has 1 aliphatic heterocycles. The third-order valence-electron chi connectivity index (χ3n) is 3.20. The Morgan fingerprint density at radius 2 is 2.16 bits per heavy atom. The van der Waals surface area contributed by atoms with Crippen molar-refractivity contribution in [1.82, 2.24) is 0 Å². The average molecular weight is 273 g/mol. The largest absolute Gasteiger partial charge is 0.416 e. The Morgan fingerprint density at radius 1 is 1.42 bits per heavy atom. The first-order chi connectivity index (χ1) is 8.89. The summed E-state index contributed by atoms with van der Waals surface area (Å²) >= 11 is 0. The van der Waals surface area contributed by atoms with Crippen LogP contribution >= 0.6 is 0 Å². The van der Waals surface area contributed by atoms with E-state index in [9.17, 15) is 18.0 Å². The van der Waals surface area contributed by atoms with Crippen LogP contribution in [0, 0.1) is 12.8 Å². The van der Waals surface area contributed by atoms with Crippen molar-refractivity contribution in [2.24, 2.45) is 5.92 Å². The summed E-state index contributed by atoms with van der Waals surface area (Å²) in [5.41, 5.74) is -0.498. The molecule has 1 aromatic rings. The van der Waals surface area contributed by atoms with Gasteiger partial charge in [0.1, 0.15) is 0 Å². The van der Waals surface area contributed by atoms with Crippen LogP contribution in [0.4, 0.5) is 18.9 Å². The van der Waals surface area contributed by atoms with Gasteiger partial charge in [-0.25, -0.2) is 0 Å². The molecule has 1 N–H and O–H groups in total. The zero-order valence-electron chi connectivity index (χ0n) is 10.4. The summed E-state index contributed by atoms with van der Waals surface area (Å²) in [6.45, 7) is 2.19. The molecule has 1 aromatic carbocycles. The van der Waals surface area contributed by atoms with Crippen molar-refractivity contribution in [3.63, 3.8) is 0 Å². The third-order valence-corrected chi connectivity index (χ3v) is 3.20. The monoisotopic (exact) mass is 273 g/mol. The molecule has 19 heavy (non-hydrogen) atoms. The highest BCUT2D eigenvalue weighted by Gasteiger charge is 2.33. The first-order valence-electron chi connectivity index (χ1n) is 5.95. The number of anilines is 1. The van der Waals surface area contributed by atoms with Gasteiger partial charge in [-0.05, 0) is 31.0 Å². The predicted octanol–water partition coefficient (Wildman–Crippen LogP) is 2.99. The van der Waals surface area contributed by atoms with Crippen molar-refractivity contribution in [3.8, 4) is 0 Å². The highest BCUT2D eigenvalue weighted by Crippen LogP contribution is 2.34. The molecule has 1 heterocycles. The fourth-order valence-corrected chi connectivity index (χ4v) is 2.05. The molecular weight excluding hydrogens is 259 g/mol. The van der Waals surface area contributed by atoms with Crippen LogP contribution in [-0.2, 0) is 15.7 Å². The van der Waals surface area contributed by atoms with Crippen molar-refractivity contribution in [1.29, 1.82) is 0 Å². The lowest BCUT2D eigenvalue weighted by atomic mass is 10.0. The van der Waals surface area contributed by atoms with Crippen LogP contribution in [0.15, 0.2) is 18.2 Å². The molecule has 0 unspecified atom stereocenters. The summed E-state index contributed by atoms with van der Waals surface area (Å²) in [7, 11) is 0. The number of nitrogens with one attached hydrogen (secondary N) is 1. The minimum atomic E-state index is -4.42. The van der Waals surface area contributed by atoms with Gasteiger partial charge in [-0.15, -0.1) is 0 Å². The number of ether oxygens (including phenoxy) is 1. The molecule has 0 bridgehead atoms. The van der Waals surface area contributed by atoms with Gasteiger partial charge in [0, 0.05) is 12.3 Å². The maximum Gasteiger partial charge on any atom is 0.416 e. The van der Waals surface area contributed by atoms with E-state index < -0.39 is 11.7 Å². The van der Waals surface area contributed by atoms with Gasteiger partial charge in [-0.3, -0.25) is 4.79 Å². The second-order valence-electron chi connectivity index (χ2n) is 4.53. The number of benzene rings is 1. The molecule has 6 heteroatoms. The molecule has 1 aliphatic rings. The van der Waals surface area contributed by atoms with Gasteiger partial charge in [0.2, 0.25) is 5.91 Å². The molecule has 0 aromatic heterocycles. The van der Waals surface area contributed by atoms with E-state index in [-0.39, 0.29) is 23.1 Å². The molecule has 1 atom stereocenters. The van der Waals surface area contributed by atoms with Gasteiger partial charge in [0.15, 0.2) is 0 Å². The lowest BCUT2D eigenvalue weighted by Gasteiger charge is -2.16. The van der Waals surface area contributed by atoms with Crippen molar-refractivity contribution < 1.29 is 22.7 Å². The number of alkyl halides is 3. The maximum atomic E-state index is 12.7. The first-order valence-corrected chi connectivity index (χ1v) is 5.95. The molecule has 0 spiro atoms.